The van der Waals surface area contributed by atoms with Crippen LogP contribution in [0.15, 0.2) is 18.3 Å². The van der Waals surface area contributed by atoms with Gasteiger partial charge in [-0.15, -0.1) is 0 Å². The number of likely N-dealkylation sites (N-methyl/N-ethyl adjacent to an activating group) is 1. The van der Waals surface area contributed by atoms with E-state index in [0.29, 0.717) is 12.2 Å². The molecule has 23 heavy (non-hydrogen) atoms. The number of hydrogen-bond donors (Lipinski definition) is 0. The molecular formula is C18H29N3O2. The number of piperazine rings is 1. The highest BCUT2D eigenvalue weighted by molar-refractivity contribution is 5.20. The van der Waals surface area contributed by atoms with Crippen molar-refractivity contribution in [2.24, 2.45) is 0 Å². The van der Waals surface area contributed by atoms with E-state index in [2.05, 4.69) is 34.0 Å². The smallest absolute Gasteiger partial charge is 0.138 e. The lowest BCUT2D eigenvalue weighted by molar-refractivity contribution is -0.0382. The van der Waals surface area contributed by atoms with Crippen LogP contribution < -0.4 is 4.74 Å². The number of aryl methyl sites for hydroxylation is 1. The van der Waals surface area contributed by atoms with E-state index in [0.717, 1.165) is 30.7 Å². The molecule has 0 unspecified atom stereocenters. The van der Waals surface area contributed by atoms with E-state index in [9.17, 15) is 0 Å². The molecule has 3 rings (SSSR count). The minimum absolute atomic E-state index is 0.296. The molecule has 0 aromatic carbocycles. The average molecular weight is 319 g/mol. The van der Waals surface area contributed by atoms with Gasteiger partial charge in [0, 0.05) is 51.8 Å². The maximum absolute atomic E-state index is 5.89. The summed E-state index contributed by atoms with van der Waals surface area (Å²) in [5, 5.41) is 0. The molecule has 2 fully saturated rings. The summed E-state index contributed by atoms with van der Waals surface area (Å²) >= 11 is 0. The molecule has 5 nitrogen and oxygen atoms in total. The molecule has 2 heterocycles. The number of methoxy groups -OCH3 is 1. The molecule has 5 heteroatoms. The highest BCUT2D eigenvalue weighted by atomic mass is 16.5. The quantitative estimate of drug-likeness (QED) is 0.766. The molecule has 1 saturated carbocycles. The molecule has 1 aromatic heterocycles. The first-order valence-electron chi connectivity index (χ1n) is 8.78. The standard InChI is InChI=1S/C18H29N3O2/c1-20-8-10-21(11-9-20)7-3-4-15-5-6-16(14-19-15)23-18-12-17(13-18)22-2/h5-6,14,17-18H,3-4,7-13H2,1-2H3. The average Bonchev–Trinajstić information content (AvgIpc) is 2.54. The van der Waals surface area contributed by atoms with Gasteiger partial charge in [0.05, 0.1) is 12.3 Å². The maximum atomic E-state index is 5.89. The minimum Gasteiger partial charge on any atom is -0.489 e. The van der Waals surface area contributed by atoms with Crippen molar-refractivity contribution in [2.45, 2.75) is 37.9 Å². The largest absolute Gasteiger partial charge is 0.489 e. The van der Waals surface area contributed by atoms with Crippen LogP contribution >= 0.6 is 0 Å². The molecule has 128 valence electrons. The first-order valence-corrected chi connectivity index (χ1v) is 8.78. The van der Waals surface area contributed by atoms with Gasteiger partial charge in [-0.3, -0.25) is 4.98 Å². The third kappa shape index (κ3) is 4.90. The number of rotatable bonds is 7. The third-order valence-corrected chi connectivity index (χ3v) is 4.99. The molecule has 0 spiro atoms. The second kappa shape index (κ2) is 8.08. The Morgan fingerprint density at radius 3 is 2.57 bits per heavy atom. The molecule has 0 bridgehead atoms. The highest BCUT2D eigenvalue weighted by Crippen LogP contribution is 2.27. The van der Waals surface area contributed by atoms with E-state index < -0.39 is 0 Å². The van der Waals surface area contributed by atoms with Crippen molar-refractivity contribution in [3.8, 4) is 5.75 Å². The lowest BCUT2D eigenvalue weighted by Gasteiger charge is -2.34. The number of pyridine rings is 1. The number of nitrogens with zero attached hydrogens (tertiary/aromatic N) is 3. The summed E-state index contributed by atoms with van der Waals surface area (Å²) in [7, 11) is 3.96. The third-order valence-electron chi connectivity index (χ3n) is 4.99. The molecule has 1 aliphatic carbocycles. The van der Waals surface area contributed by atoms with Crippen LogP contribution in [0.5, 0.6) is 5.75 Å². The summed E-state index contributed by atoms with van der Waals surface area (Å²) in [6, 6.07) is 4.16. The fraction of sp³-hybridized carbons (Fsp3) is 0.722. The van der Waals surface area contributed by atoms with Crippen molar-refractivity contribution < 1.29 is 9.47 Å². The van der Waals surface area contributed by atoms with Crippen molar-refractivity contribution >= 4 is 0 Å². The van der Waals surface area contributed by atoms with Gasteiger partial charge in [0.15, 0.2) is 0 Å². The Morgan fingerprint density at radius 1 is 1.13 bits per heavy atom. The Morgan fingerprint density at radius 2 is 1.91 bits per heavy atom. The number of aromatic nitrogens is 1. The first kappa shape index (κ1) is 16.7. The summed E-state index contributed by atoms with van der Waals surface area (Å²) < 4.78 is 11.2. The van der Waals surface area contributed by atoms with Crippen molar-refractivity contribution in [1.29, 1.82) is 0 Å². The van der Waals surface area contributed by atoms with Crippen LogP contribution in [0.25, 0.3) is 0 Å². The molecule has 1 aromatic rings. The van der Waals surface area contributed by atoms with E-state index in [1.54, 1.807) is 7.11 Å². The minimum atomic E-state index is 0.296. The predicted molar refractivity (Wildman–Crippen MR) is 90.9 cm³/mol. The van der Waals surface area contributed by atoms with Crippen molar-refractivity contribution in [3.63, 3.8) is 0 Å². The van der Waals surface area contributed by atoms with Gasteiger partial charge < -0.3 is 19.3 Å². The molecule has 0 N–H and O–H groups in total. The summed E-state index contributed by atoms with van der Waals surface area (Å²) in [4.78, 5) is 9.49. The van der Waals surface area contributed by atoms with Gasteiger partial charge in [0.1, 0.15) is 11.9 Å². The summed E-state index contributed by atoms with van der Waals surface area (Å²) in [6.07, 6.45) is 6.74. The molecular weight excluding hydrogens is 290 g/mol. The number of hydrogen-bond acceptors (Lipinski definition) is 5. The van der Waals surface area contributed by atoms with E-state index in [1.807, 2.05) is 6.20 Å². The van der Waals surface area contributed by atoms with Crippen molar-refractivity contribution in [2.75, 3.05) is 46.9 Å². The molecule has 2 aliphatic rings. The van der Waals surface area contributed by atoms with Crippen LogP contribution in [0, 0.1) is 0 Å². The van der Waals surface area contributed by atoms with E-state index >= 15 is 0 Å². The summed E-state index contributed by atoms with van der Waals surface area (Å²) in [6.45, 7) is 5.94. The lowest BCUT2D eigenvalue weighted by atomic mass is 9.92. The van der Waals surface area contributed by atoms with Crippen molar-refractivity contribution in [1.82, 2.24) is 14.8 Å². The van der Waals surface area contributed by atoms with Gasteiger partial charge in [-0.1, -0.05) is 0 Å². The molecule has 0 atom stereocenters. The molecule has 1 aliphatic heterocycles. The Hall–Kier alpha value is -1.17. The SMILES string of the molecule is COC1CC(Oc2ccc(CCCN3CCN(C)CC3)nc2)C1. The Bertz CT molecular complexity index is 466. The van der Waals surface area contributed by atoms with Crippen LogP contribution in [0.1, 0.15) is 25.0 Å². The van der Waals surface area contributed by atoms with Crippen LogP contribution in [0.2, 0.25) is 0 Å². The molecule has 0 amide bonds. The van der Waals surface area contributed by atoms with E-state index in [1.165, 1.54) is 39.1 Å². The van der Waals surface area contributed by atoms with Crippen LogP contribution in [0.4, 0.5) is 0 Å². The van der Waals surface area contributed by atoms with E-state index in [-0.39, 0.29) is 0 Å². The Kier molecular flexibility index (Phi) is 5.86. The fourth-order valence-electron chi connectivity index (χ4n) is 3.18. The van der Waals surface area contributed by atoms with E-state index in [4.69, 9.17) is 9.47 Å². The first-order chi connectivity index (χ1) is 11.2. The number of ether oxygens (including phenoxy) is 2. The molecule has 1 saturated heterocycles. The second-order valence-electron chi connectivity index (χ2n) is 6.80. The second-order valence-corrected chi connectivity index (χ2v) is 6.80. The van der Waals surface area contributed by atoms with Gasteiger partial charge in [-0.2, -0.15) is 0 Å². The predicted octanol–water partition coefficient (Wildman–Crippen LogP) is 1.82. The maximum Gasteiger partial charge on any atom is 0.138 e. The van der Waals surface area contributed by atoms with Gasteiger partial charge in [-0.05, 0) is 38.6 Å². The lowest BCUT2D eigenvalue weighted by Crippen LogP contribution is -2.44. The Labute approximate surface area is 139 Å². The van der Waals surface area contributed by atoms with Crippen molar-refractivity contribution in [3.05, 3.63) is 24.0 Å². The zero-order valence-corrected chi connectivity index (χ0v) is 14.4. The van der Waals surface area contributed by atoms with Crippen LogP contribution in [-0.2, 0) is 11.2 Å². The zero-order valence-electron chi connectivity index (χ0n) is 14.4. The van der Waals surface area contributed by atoms with Crippen LogP contribution in [-0.4, -0.2) is 73.9 Å². The summed E-state index contributed by atoms with van der Waals surface area (Å²) in [5.74, 6) is 0.882. The van der Waals surface area contributed by atoms with Gasteiger partial charge >= 0.3 is 0 Å². The van der Waals surface area contributed by atoms with Crippen LogP contribution in [0.3, 0.4) is 0 Å². The van der Waals surface area contributed by atoms with Gasteiger partial charge in [-0.25, -0.2) is 0 Å². The summed E-state index contributed by atoms with van der Waals surface area (Å²) in [5.41, 5.74) is 1.16. The fourth-order valence-corrected chi connectivity index (χ4v) is 3.18. The van der Waals surface area contributed by atoms with Gasteiger partial charge in [0.2, 0.25) is 0 Å². The Balaban J connectivity index is 1.34. The molecule has 0 radical (unpaired) electrons. The monoisotopic (exact) mass is 319 g/mol. The normalized spacial score (nSPS) is 26.0. The highest BCUT2D eigenvalue weighted by Gasteiger charge is 2.30. The zero-order chi connectivity index (χ0) is 16.1. The topological polar surface area (TPSA) is 37.8 Å². The van der Waals surface area contributed by atoms with Gasteiger partial charge in [0.25, 0.3) is 0 Å².